The van der Waals surface area contributed by atoms with E-state index in [0.717, 1.165) is 0 Å². The fourth-order valence-corrected chi connectivity index (χ4v) is 2.00. The zero-order chi connectivity index (χ0) is 12.6. The fraction of sp³-hybridized carbons (Fsp3) is 0.500. The van der Waals surface area contributed by atoms with Gasteiger partial charge in [-0.2, -0.15) is 0 Å². The summed E-state index contributed by atoms with van der Waals surface area (Å²) in [5.74, 6) is -0.189. The van der Waals surface area contributed by atoms with Crippen molar-refractivity contribution >= 4 is 11.8 Å². The summed E-state index contributed by atoms with van der Waals surface area (Å²) in [5.41, 5.74) is 0.488. The zero-order valence-corrected chi connectivity index (χ0v) is 10.2. The van der Waals surface area contributed by atoms with Crippen LogP contribution in [0.2, 0.25) is 0 Å². The second-order valence-corrected chi connectivity index (χ2v) is 4.70. The molecule has 0 aromatic rings. The molecule has 2 amide bonds. The van der Waals surface area contributed by atoms with E-state index >= 15 is 0 Å². The molecular formula is C12H17N3O2. The molecular weight excluding hydrogens is 218 g/mol. The fourth-order valence-electron chi connectivity index (χ4n) is 2.00. The Balaban J connectivity index is 2.10. The molecule has 0 bridgehead atoms. The number of hydrogen-bond acceptors (Lipinski definition) is 3. The summed E-state index contributed by atoms with van der Waals surface area (Å²) in [7, 11) is 1.71. The maximum absolute atomic E-state index is 11.8. The summed E-state index contributed by atoms with van der Waals surface area (Å²) < 4.78 is 0. The molecule has 0 aliphatic carbocycles. The molecule has 2 aliphatic rings. The van der Waals surface area contributed by atoms with Crippen molar-refractivity contribution in [3.05, 3.63) is 24.0 Å². The van der Waals surface area contributed by atoms with Gasteiger partial charge in [-0.15, -0.1) is 0 Å². The lowest BCUT2D eigenvalue weighted by Gasteiger charge is -2.26. The Morgan fingerprint density at radius 3 is 2.88 bits per heavy atom. The predicted molar refractivity (Wildman–Crippen MR) is 63.7 cm³/mol. The summed E-state index contributed by atoms with van der Waals surface area (Å²) in [6, 6.07) is -0.250. The van der Waals surface area contributed by atoms with Crippen molar-refractivity contribution in [2.45, 2.75) is 25.9 Å². The van der Waals surface area contributed by atoms with Gasteiger partial charge in [-0.05, 0) is 19.9 Å². The Hall–Kier alpha value is -1.78. The van der Waals surface area contributed by atoms with Crippen LogP contribution in [-0.2, 0) is 9.59 Å². The van der Waals surface area contributed by atoms with Gasteiger partial charge >= 0.3 is 0 Å². The third kappa shape index (κ3) is 2.18. The van der Waals surface area contributed by atoms with Crippen molar-refractivity contribution in [3.8, 4) is 0 Å². The molecule has 0 spiro atoms. The lowest BCUT2D eigenvalue weighted by molar-refractivity contribution is -0.130. The SMILES string of the molecule is CC(C)NC(=O)C1=CC2C=CN(C)C(=O)C2N1. The molecule has 5 nitrogen and oxygen atoms in total. The van der Waals surface area contributed by atoms with E-state index < -0.39 is 0 Å². The van der Waals surface area contributed by atoms with Gasteiger partial charge in [-0.25, -0.2) is 0 Å². The van der Waals surface area contributed by atoms with E-state index in [1.54, 1.807) is 13.2 Å². The maximum atomic E-state index is 11.8. The summed E-state index contributed by atoms with van der Waals surface area (Å²) in [6.07, 6.45) is 5.48. The number of nitrogens with zero attached hydrogens (tertiary/aromatic N) is 1. The molecule has 2 rings (SSSR count). The first-order chi connectivity index (χ1) is 7.99. The molecule has 0 radical (unpaired) electrons. The standard InChI is InChI=1S/C12H17N3O2/c1-7(2)13-11(16)9-6-8-4-5-15(3)12(17)10(8)14-9/h4-8,10,14H,1-3H3,(H,13,16). The van der Waals surface area contributed by atoms with Gasteiger partial charge in [0.1, 0.15) is 6.04 Å². The van der Waals surface area contributed by atoms with Crippen molar-refractivity contribution in [3.63, 3.8) is 0 Å². The zero-order valence-electron chi connectivity index (χ0n) is 10.2. The molecule has 2 aliphatic heterocycles. The lowest BCUT2D eigenvalue weighted by Crippen LogP contribution is -2.47. The van der Waals surface area contributed by atoms with Gasteiger partial charge in [0.05, 0.1) is 5.70 Å². The number of likely N-dealkylation sites (N-methyl/N-ethyl adjacent to an activating group) is 1. The molecule has 0 aromatic carbocycles. The Bertz CT molecular complexity index is 412. The van der Waals surface area contributed by atoms with Crippen molar-refractivity contribution in [2.75, 3.05) is 7.05 Å². The van der Waals surface area contributed by atoms with Gasteiger partial charge in [-0.1, -0.05) is 6.08 Å². The molecule has 92 valence electrons. The minimum absolute atomic E-state index is 0.0129. The van der Waals surface area contributed by atoms with Gasteiger partial charge in [0.25, 0.3) is 5.91 Å². The normalized spacial score (nSPS) is 26.7. The van der Waals surface area contributed by atoms with E-state index in [-0.39, 0.29) is 29.8 Å². The van der Waals surface area contributed by atoms with Crippen LogP contribution >= 0.6 is 0 Å². The quantitative estimate of drug-likeness (QED) is 0.706. The Labute approximate surface area is 101 Å². The van der Waals surface area contributed by atoms with Crippen molar-refractivity contribution in [2.24, 2.45) is 5.92 Å². The van der Waals surface area contributed by atoms with Crippen LogP contribution in [-0.4, -0.2) is 35.8 Å². The second kappa shape index (κ2) is 4.24. The minimum Gasteiger partial charge on any atom is -0.369 e. The van der Waals surface area contributed by atoms with Crippen molar-refractivity contribution < 1.29 is 9.59 Å². The molecule has 0 saturated heterocycles. The van der Waals surface area contributed by atoms with E-state index in [1.165, 1.54) is 4.90 Å². The summed E-state index contributed by atoms with van der Waals surface area (Å²) in [6.45, 7) is 3.80. The van der Waals surface area contributed by atoms with Crippen molar-refractivity contribution in [1.29, 1.82) is 0 Å². The topological polar surface area (TPSA) is 61.4 Å². The summed E-state index contributed by atoms with van der Waals surface area (Å²) >= 11 is 0. The molecule has 0 fully saturated rings. The lowest BCUT2D eigenvalue weighted by atomic mass is 9.99. The average Bonchev–Trinajstić information content (AvgIpc) is 2.67. The molecule has 2 unspecified atom stereocenters. The molecule has 2 heterocycles. The van der Waals surface area contributed by atoms with E-state index in [0.29, 0.717) is 5.70 Å². The Morgan fingerprint density at radius 1 is 1.53 bits per heavy atom. The highest BCUT2D eigenvalue weighted by Crippen LogP contribution is 2.23. The first kappa shape index (κ1) is 11.7. The summed E-state index contributed by atoms with van der Waals surface area (Å²) in [5, 5.41) is 5.79. The van der Waals surface area contributed by atoms with Gasteiger partial charge in [0.2, 0.25) is 5.91 Å². The highest BCUT2D eigenvalue weighted by Gasteiger charge is 2.37. The van der Waals surface area contributed by atoms with E-state index in [9.17, 15) is 9.59 Å². The second-order valence-electron chi connectivity index (χ2n) is 4.70. The minimum atomic E-state index is -0.335. The number of rotatable bonds is 2. The number of amides is 2. The molecule has 0 aromatic heterocycles. The number of carbonyl (C=O) groups excluding carboxylic acids is 2. The third-order valence-corrected chi connectivity index (χ3v) is 2.86. The number of carbonyl (C=O) groups is 2. The van der Waals surface area contributed by atoms with E-state index in [2.05, 4.69) is 10.6 Å². The van der Waals surface area contributed by atoms with E-state index in [4.69, 9.17) is 0 Å². The molecule has 2 N–H and O–H groups in total. The first-order valence-electron chi connectivity index (χ1n) is 5.73. The highest BCUT2D eigenvalue weighted by atomic mass is 16.2. The van der Waals surface area contributed by atoms with Gasteiger partial charge in [0.15, 0.2) is 0 Å². The monoisotopic (exact) mass is 235 g/mol. The van der Waals surface area contributed by atoms with Crippen LogP contribution in [0, 0.1) is 5.92 Å². The van der Waals surface area contributed by atoms with Crippen LogP contribution in [0.3, 0.4) is 0 Å². The smallest absolute Gasteiger partial charge is 0.267 e. The number of nitrogens with one attached hydrogen (secondary N) is 2. The van der Waals surface area contributed by atoms with Crippen LogP contribution in [0.1, 0.15) is 13.8 Å². The Kier molecular flexibility index (Phi) is 2.92. The number of hydrogen-bond donors (Lipinski definition) is 2. The van der Waals surface area contributed by atoms with Crippen molar-refractivity contribution in [1.82, 2.24) is 15.5 Å². The number of fused-ring (bicyclic) bond motifs is 1. The largest absolute Gasteiger partial charge is 0.369 e. The van der Waals surface area contributed by atoms with Gasteiger partial charge in [-0.3, -0.25) is 9.59 Å². The highest BCUT2D eigenvalue weighted by molar-refractivity contribution is 5.96. The molecule has 2 atom stereocenters. The van der Waals surface area contributed by atoms with Crippen LogP contribution in [0.25, 0.3) is 0 Å². The van der Waals surface area contributed by atoms with Crippen LogP contribution in [0.4, 0.5) is 0 Å². The van der Waals surface area contributed by atoms with Crippen LogP contribution in [0.5, 0.6) is 0 Å². The van der Waals surface area contributed by atoms with E-state index in [1.807, 2.05) is 26.0 Å². The van der Waals surface area contributed by atoms with Crippen LogP contribution < -0.4 is 10.6 Å². The third-order valence-electron chi connectivity index (χ3n) is 2.86. The predicted octanol–water partition coefficient (Wildman–Crippen LogP) is -0.0314. The maximum Gasteiger partial charge on any atom is 0.267 e. The molecule has 0 saturated carbocycles. The Morgan fingerprint density at radius 2 is 2.24 bits per heavy atom. The first-order valence-corrected chi connectivity index (χ1v) is 5.73. The summed E-state index contributed by atoms with van der Waals surface area (Å²) in [4.78, 5) is 25.2. The molecule has 17 heavy (non-hydrogen) atoms. The molecule has 5 heteroatoms. The van der Waals surface area contributed by atoms with Crippen LogP contribution in [0.15, 0.2) is 24.0 Å². The van der Waals surface area contributed by atoms with Gasteiger partial charge in [0, 0.05) is 25.2 Å². The average molecular weight is 235 g/mol. The van der Waals surface area contributed by atoms with Gasteiger partial charge < -0.3 is 15.5 Å².